The van der Waals surface area contributed by atoms with Gasteiger partial charge in [-0.3, -0.25) is 9.69 Å². The summed E-state index contributed by atoms with van der Waals surface area (Å²) in [6, 6.07) is 10.6. The van der Waals surface area contributed by atoms with Crippen LogP contribution >= 0.6 is 0 Å². The summed E-state index contributed by atoms with van der Waals surface area (Å²) in [7, 11) is 0. The minimum atomic E-state index is -0.104. The van der Waals surface area contributed by atoms with Crippen molar-refractivity contribution in [3.8, 4) is 0 Å². The average molecular weight is 409 g/mol. The van der Waals surface area contributed by atoms with E-state index in [0.29, 0.717) is 5.92 Å². The molecule has 0 amide bonds. The third-order valence-electron chi connectivity index (χ3n) is 8.71. The Hall–Kier alpha value is -1.85. The van der Waals surface area contributed by atoms with E-state index in [1.54, 1.807) is 0 Å². The summed E-state index contributed by atoms with van der Waals surface area (Å²) in [6.45, 7) is 9.34. The van der Waals surface area contributed by atoms with Gasteiger partial charge < -0.3 is 14.4 Å². The number of rotatable bonds is 3. The highest BCUT2D eigenvalue weighted by Gasteiger charge is 2.75. The fraction of sp³-hybridized carbons (Fsp3) is 0.640. The smallest absolute Gasteiger partial charge is 0.310 e. The van der Waals surface area contributed by atoms with Gasteiger partial charge >= 0.3 is 5.97 Å². The Labute approximate surface area is 179 Å². The summed E-state index contributed by atoms with van der Waals surface area (Å²) in [6.07, 6.45) is 5.37. The van der Waals surface area contributed by atoms with E-state index in [2.05, 4.69) is 60.1 Å². The van der Waals surface area contributed by atoms with Crippen LogP contribution in [0.5, 0.6) is 0 Å². The number of ether oxygens (including phenoxy) is 2. The molecule has 6 atom stereocenters. The van der Waals surface area contributed by atoms with Crippen LogP contribution in [-0.2, 0) is 14.3 Å². The summed E-state index contributed by atoms with van der Waals surface area (Å²) in [5.74, 6) is 0.597. The van der Waals surface area contributed by atoms with Gasteiger partial charge in [0.25, 0.3) is 0 Å². The van der Waals surface area contributed by atoms with Crippen molar-refractivity contribution in [2.24, 2.45) is 17.8 Å². The monoisotopic (exact) mass is 408 g/mol. The molecule has 1 spiro atoms. The first-order chi connectivity index (χ1) is 14.5. The zero-order valence-electron chi connectivity index (χ0n) is 18.0. The SMILES string of the molecule is CC1=CC[C@]23O[C@@]2(C)CC[C@@H]2[C@H](OC(=O)[C@H]2CN2CCN(c4ccccc4)CC2)[C@@H]13. The van der Waals surface area contributed by atoms with E-state index >= 15 is 0 Å². The van der Waals surface area contributed by atoms with Crippen LogP contribution in [0.3, 0.4) is 0 Å². The maximum atomic E-state index is 13.0. The predicted octanol–water partition coefficient (Wildman–Crippen LogP) is 3.25. The molecule has 160 valence electrons. The van der Waals surface area contributed by atoms with Gasteiger partial charge in [0.05, 0.1) is 11.5 Å². The zero-order valence-corrected chi connectivity index (χ0v) is 18.0. The van der Waals surface area contributed by atoms with Crippen LogP contribution in [-0.4, -0.2) is 60.9 Å². The third kappa shape index (κ3) is 2.64. The number of para-hydroxylation sites is 1. The Morgan fingerprint density at radius 2 is 1.90 bits per heavy atom. The number of fused-ring (bicyclic) bond motifs is 2. The molecule has 1 saturated carbocycles. The van der Waals surface area contributed by atoms with Crippen LogP contribution in [0.25, 0.3) is 0 Å². The molecule has 0 aromatic heterocycles. The summed E-state index contributed by atoms with van der Waals surface area (Å²) in [5, 5.41) is 0. The standard InChI is InChI=1S/C25H32N2O3/c1-17-8-11-25-21(17)22-19(9-10-24(25,2)30-25)20(23(28)29-22)16-26-12-14-27(15-13-26)18-6-4-3-5-7-18/h3-8,19-22H,9-16H2,1-2H3/t19-,20-,21+,22-,24-,25+/m0/s1. The second-order valence-corrected chi connectivity index (χ2v) is 10.2. The molecule has 0 N–H and O–H groups in total. The van der Waals surface area contributed by atoms with Gasteiger partial charge in [0.2, 0.25) is 0 Å². The summed E-state index contributed by atoms with van der Waals surface area (Å²) >= 11 is 0. The number of carbonyl (C=O) groups excluding carboxylic acids is 1. The quantitative estimate of drug-likeness (QED) is 0.436. The molecule has 0 radical (unpaired) electrons. The van der Waals surface area contributed by atoms with E-state index in [1.165, 1.54) is 11.3 Å². The third-order valence-corrected chi connectivity index (χ3v) is 8.71. The highest BCUT2D eigenvalue weighted by Crippen LogP contribution is 2.67. The van der Waals surface area contributed by atoms with Crippen LogP contribution in [0, 0.1) is 17.8 Å². The number of carbonyl (C=O) groups is 1. The predicted molar refractivity (Wildman–Crippen MR) is 115 cm³/mol. The van der Waals surface area contributed by atoms with Gasteiger partial charge in [0.15, 0.2) is 0 Å². The first kappa shape index (κ1) is 18.9. The van der Waals surface area contributed by atoms with Gasteiger partial charge in [-0.05, 0) is 45.2 Å². The molecule has 4 fully saturated rings. The van der Waals surface area contributed by atoms with Crippen molar-refractivity contribution in [2.75, 3.05) is 37.6 Å². The van der Waals surface area contributed by atoms with E-state index in [1.807, 2.05) is 0 Å². The van der Waals surface area contributed by atoms with Gasteiger partial charge in [-0.1, -0.05) is 29.8 Å². The molecule has 6 rings (SSSR count). The average Bonchev–Trinajstić information content (AvgIpc) is 3.07. The van der Waals surface area contributed by atoms with Crippen LogP contribution in [0.2, 0.25) is 0 Å². The largest absolute Gasteiger partial charge is 0.461 e. The summed E-state index contributed by atoms with van der Waals surface area (Å²) in [4.78, 5) is 17.9. The van der Waals surface area contributed by atoms with Gasteiger partial charge in [-0.2, -0.15) is 0 Å². The van der Waals surface area contributed by atoms with Gasteiger partial charge in [-0.15, -0.1) is 0 Å². The number of epoxide rings is 1. The topological polar surface area (TPSA) is 45.3 Å². The van der Waals surface area contributed by atoms with Crippen molar-refractivity contribution in [1.82, 2.24) is 4.90 Å². The van der Waals surface area contributed by atoms with Crippen molar-refractivity contribution in [3.05, 3.63) is 42.0 Å². The van der Waals surface area contributed by atoms with Crippen molar-refractivity contribution < 1.29 is 14.3 Å². The highest BCUT2D eigenvalue weighted by atomic mass is 16.6. The zero-order chi connectivity index (χ0) is 20.5. The number of piperazine rings is 1. The highest BCUT2D eigenvalue weighted by molar-refractivity contribution is 5.76. The van der Waals surface area contributed by atoms with Gasteiger partial charge in [0, 0.05) is 50.2 Å². The molecular formula is C25H32N2O3. The minimum absolute atomic E-state index is 0.00353. The molecule has 3 aliphatic heterocycles. The van der Waals surface area contributed by atoms with Gasteiger partial charge in [0.1, 0.15) is 11.7 Å². The summed E-state index contributed by atoms with van der Waals surface area (Å²) < 4.78 is 12.5. The van der Waals surface area contributed by atoms with Crippen LogP contribution in [0.15, 0.2) is 42.0 Å². The molecule has 0 bridgehead atoms. The molecular weight excluding hydrogens is 376 g/mol. The molecule has 0 unspecified atom stereocenters. The second kappa shape index (κ2) is 6.57. The number of hydrogen-bond acceptors (Lipinski definition) is 5. The number of nitrogens with zero attached hydrogens (tertiary/aromatic N) is 2. The molecule has 5 aliphatic rings. The minimum Gasteiger partial charge on any atom is -0.461 e. The molecule has 2 aliphatic carbocycles. The Bertz CT molecular complexity index is 878. The van der Waals surface area contributed by atoms with E-state index < -0.39 is 0 Å². The van der Waals surface area contributed by atoms with E-state index in [4.69, 9.17) is 9.47 Å². The van der Waals surface area contributed by atoms with E-state index in [9.17, 15) is 4.79 Å². The van der Waals surface area contributed by atoms with Gasteiger partial charge in [-0.25, -0.2) is 0 Å². The lowest BCUT2D eigenvalue weighted by Gasteiger charge is -2.37. The van der Waals surface area contributed by atoms with Crippen molar-refractivity contribution in [2.45, 2.75) is 50.4 Å². The summed E-state index contributed by atoms with van der Waals surface area (Å²) in [5.41, 5.74) is 2.52. The lowest BCUT2D eigenvalue weighted by Crippen LogP contribution is -2.49. The lowest BCUT2D eigenvalue weighted by atomic mass is 9.77. The first-order valence-corrected chi connectivity index (χ1v) is 11.6. The molecule has 1 aromatic carbocycles. The Morgan fingerprint density at radius 1 is 1.13 bits per heavy atom. The molecule has 1 aromatic rings. The lowest BCUT2D eigenvalue weighted by molar-refractivity contribution is -0.146. The number of esters is 1. The van der Waals surface area contributed by atoms with Crippen molar-refractivity contribution >= 4 is 11.7 Å². The molecule has 3 heterocycles. The number of anilines is 1. The fourth-order valence-electron chi connectivity index (χ4n) is 6.90. The normalized spacial score (nSPS) is 42.7. The van der Waals surface area contributed by atoms with Crippen molar-refractivity contribution in [1.29, 1.82) is 0 Å². The van der Waals surface area contributed by atoms with E-state index in [-0.39, 0.29) is 35.1 Å². The Morgan fingerprint density at radius 3 is 2.67 bits per heavy atom. The molecule has 3 saturated heterocycles. The van der Waals surface area contributed by atoms with Crippen LogP contribution in [0.4, 0.5) is 5.69 Å². The maximum absolute atomic E-state index is 13.0. The fourth-order valence-corrected chi connectivity index (χ4v) is 6.90. The van der Waals surface area contributed by atoms with Crippen molar-refractivity contribution in [3.63, 3.8) is 0 Å². The van der Waals surface area contributed by atoms with Crippen LogP contribution < -0.4 is 4.90 Å². The number of benzene rings is 1. The van der Waals surface area contributed by atoms with E-state index in [0.717, 1.165) is 52.0 Å². The second-order valence-electron chi connectivity index (χ2n) is 10.2. The molecule has 5 nitrogen and oxygen atoms in total. The molecule has 30 heavy (non-hydrogen) atoms. The Kier molecular flexibility index (Phi) is 4.14. The first-order valence-electron chi connectivity index (χ1n) is 11.6. The Balaban J connectivity index is 1.15. The van der Waals surface area contributed by atoms with Crippen LogP contribution in [0.1, 0.15) is 33.1 Å². The maximum Gasteiger partial charge on any atom is 0.310 e. The number of hydrogen-bond donors (Lipinski definition) is 0. The molecule has 5 heteroatoms.